The summed E-state index contributed by atoms with van der Waals surface area (Å²) in [6.07, 6.45) is 8.31. The Morgan fingerprint density at radius 1 is 1.53 bits per heavy atom. The SMILES string of the molecule is Cc1cc(/C=C\C2CC3CCC2N3)on1. The van der Waals surface area contributed by atoms with Gasteiger partial charge in [0.25, 0.3) is 0 Å². The van der Waals surface area contributed by atoms with Crippen molar-refractivity contribution in [3.05, 3.63) is 23.6 Å². The van der Waals surface area contributed by atoms with E-state index in [1.54, 1.807) is 0 Å². The van der Waals surface area contributed by atoms with Crippen LogP contribution in [0.5, 0.6) is 0 Å². The molecule has 0 aromatic carbocycles. The number of hydrogen-bond donors (Lipinski definition) is 1. The Bertz CT molecular complexity index is 383. The lowest BCUT2D eigenvalue weighted by atomic mass is 9.89. The van der Waals surface area contributed by atoms with E-state index in [9.17, 15) is 0 Å². The molecule has 3 unspecified atom stereocenters. The number of hydrogen-bond acceptors (Lipinski definition) is 3. The van der Waals surface area contributed by atoms with Crippen LogP contribution < -0.4 is 5.32 Å². The van der Waals surface area contributed by atoms with Crippen molar-refractivity contribution in [1.29, 1.82) is 0 Å². The molecule has 3 heterocycles. The van der Waals surface area contributed by atoms with Crippen LogP contribution in [0, 0.1) is 12.8 Å². The number of aryl methyl sites for hydroxylation is 1. The maximum absolute atomic E-state index is 5.15. The van der Waals surface area contributed by atoms with Crippen LogP contribution in [-0.4, -0.2) is 17.2 Å². The Kier molecular flexibility index (Phi) is 2.13. The van der Waals surface area contributed by atoms with Crippen molar-refractivity contribution >= 4 is 6.08 Å². The Morgan fingerprint density at radius 3 is 3.07 bits per heavy atom. The fourth-order valence-corrected chi connectivity index (χ4v) is 2.76. The van der Waals surface area contributed by atoms with Gasteiger partial charge in [-0.15, -0.1) is 0 Å². The first-order valence-electron chi connectivity index (χ1n) is 5.69. The van der Waals surface area contributed by atoms with Crippen molar-refractivity contribution in [2.75, 3.05) is 0 Å². The van der Waals surface area contributed by atoms with Gasteiger partial charge in [-0.3, -0.25) is 0 Å². The second-order valence-corrected chi connectivity index (χ2v) is 4.68. The van der Waals surface area contributed by atoms with Gasteiger partial charge in [0.2, 0.25) is 0 Å². The number of fused-ring (bicyclic) bond motifs is 2. The monoisotopic (exact) mass is 204 g/mol. The molecule has 3 rings (SSSR count). The number of nitrogens with zero attached hydrogens (tertiary/aromatic N) is 1. The van der Waals surface area contributed by atoms with Gasteiger partial charge in [0.05, 0.1) is 5.69 Å². The molecule has 3 atom stereocenters. The molecule has 0 saturated carbocycles. The average Bonchev–Trinajstić information content (AvgIpc) is 2.90. The fourth-order valence-electron chi connectivity index (χ4n) is 2.76. The lowest BCUT2D eigenvalue weighted by Gasteiger charge is -2.15. The van der Waals surface area contributed by atoms with Gasteiger partial charge in [0.15, 0.2) is 5.76 Å². The van der Waals surface area contributed by atoms with Crippen LogP contribution in [0.15, 0.2) is 16.7 Å². The van der Waals surface area contributed by atoms with Gasteiger partial charge in [-0.25, -0.2) is 0 Å². The quantitative estimate of drug-likeness (QED) is 0.802. The Balaban J connectivity index is 1.68. The van der Waals surface area contributed by atoms with E-state index in [2.05, 4.69) is 22.6 Å². The predicted octanol–water partition coefficient (Wildman–Crippen LogP) is 2.14. The average molecular weight is 204 g/mol. The third-order valence-electron chi connectivity index (χ3n) is 3.50. The van der Waals surface area contributed by atoms with E-state index in [1.807, 2.05) is 13.0 Å². The molecule has 2 aliphatic rings. The molecular weight excluding hydrogens is 188 g/mol. The molecule has 2 bridgehead atoms. The van der Waals surface area contributed by atoms with Crippen LogP contribution in [0.2, 0.25) is 0 Å². The van der Waals surface area contributed by atoms with Crippen molar-refractivity contribution in [2.45, 2.75) is 38.3 Å². The van der Waals surface area contributed by atoms with Gasteiger partial charge in [-0.2, -0.15) is 0 Å². The minimum atomic E-state index is 0.689. The van der Waals surface area contributed by atoms with Crippen LogP contribution >= 0.6 is 0 Å². The molecule has 15 heavy (non-hydrogen) atoms. The minimum Gasteiger partial charge on any atom is -0.357 e. The molecule has 1 N–H and O–H groups in total. The molecule has 1 aromatic heterocycles. The molecule has 0 amide bonds. The Labute approximate surface area is 89.5 Å². The van der Waals surface area contributed by atoms with Gasteiger partial charge < -0.3 is 9.84 Å². The van der Waals surface area contributed by atoms with E-state index in [1.165, 1.54) is 19.3 Å². The summed E-state index contributed by atoms with van der Waals surface area (Å²) in [4.78, 5) is 0. The van der Waals surface area contributed by atoms with Crippen molar-refractivity contribution < 1.29 is 4.52 Å². The normalized spacial score (nSPS) is 34.3. The van der Waals surface area contributed by atoms with Crippen molar-refractivity contribution in [3.63, 3.8) is 0 Å². The summed E-state index contributed by atoms with van der Waals surface area (Å²) in [6.45, 7) is 1.94. The fraction of sp³-hybridized carbons (Fsp3) is 0.583. The lowest BCUT2D eigenvalue weighted by Crippen LogP contribution is -2.21. The zero-order valence-corrected chi connectivity index (χ0v) is 8.94. The highest BCUT2D eigenvalue weighted by molar-refractivity contribution is 5.43. The highest BCUT2D eigenvalue weighted by atomic mass is 16.5. The van der Waals surface area contributed by atoms with Crippen molar-refractivity contribution in [1.82, 2.24) is 10.5 Å². The van der Waals surface area contributed by atoms with Crippen molar-refractivity contribution in [2.24, 2.45) is 5.92 Å². The maximum atomic E-state index is 5.15. The topological polar surface area (TPSA) is 38.1 Å². The summed E-state index contributed by atoms with van der Waals surface area (Å²) in [5.41, 5.74) is 0.945. The minimum absolute atomic E-state index is 0.689. The van der Waals surface area contributed by atoms with Crippen LogP contribution in [0.25, 0.3) is 6.08 Å². The Morgan fingerprint density at radius 2 is 2.47 bits per heavy atom. The summed E-state index contributed by atoms with van der Waals surface area (Å²) < 4.78 is 5.15. The van der Waals surface area contributed by atoms with Gasteiger partial charge in [0.1, 0.15) is 0 Å². The molecule has 0 aliphatic carbocycles. The first-order chi connectivity index (χ1) is 7.31. The highest BCUT2D eigenvalue weighted by Gasteiger charge is 2.37. The summed E-state index contributed by atoms with van der Waals surface area (Å²) in [7, 11) is 0. The zero-order valence-electron chi connectivity index (χ0n) is 8.94. The van der Waals surface area contributed by atoms with E-state index in [4.69, 9.17) is 4.52 Å². The third kappa shape index (κ3) is 1.72. The van der Waals surface area contributed by atoms with Crippen molar-refractivity contribution in [3.8, 4) is 0 Å². The molecule has 3 nitrogen and oxygen atoms in total. The smallest absolute Gasteiger partial charge is 0.159 e. The lowest BCUT2D eigenvalue weighted by molar-refractivity contribution is 0.407. The van der Waals surface area contributed by atoms with E-state index < -0.39 is 0 Å². The summed E-state index contributed by atoms with van der Waals surface area (Å²) >= 11 is 0. The predicted molar refractivity (Wildman–Crippen MR) is 58.3 cm³/mol. The first-order valence-corrected chi connectivity index (χ1v) is 5.69. The van der Waals surface area contributed by atoms with Crippen LogP contribution in [-0.2, 0) is 0 Å². The highest BCUT2D eigenvalue weighted by Crippen LogP contribution is 2.34. The summed E-state index contributed by atoms with van der Waals surface area (Å²) in [5.74, 6) is 1.56. The zero-order chi connectivity index (χ0) is 10.3. The largest absolute Gasteiger partial charge is 0.357 e. The molecule has 3 heteroatoms. The molecule has 1 aromatic rings. The van der Waals surface area contributed by atoms with Gasteiger partial charge in [-0.05, 0) is 38.2 Å². The molecule has 2 fully saturated rings. The van der Waals surface area contributed by atoms with Crippen LogP contribution in [0.3, 0.4) is 0 Å². The van der Waals surface area contributed by atoms with E-state index in [-0.39, 0.29) is 0 Å². The van der Waals surface area contributed by atoms with E-state index in [0.29, 0.717) is 12.0 Å². The molecule has 2 saturated heterocycles. The van der Waals surface area contributed by atoms with Gasteiger partial charge >= 0.3 is 0 Å². The second-order valence-electron chi connectivity index (χ2n) is 4.68. The van der Waals surface area contributed by atoms with Gasteiger partial charge in [-0.1, -0.05) is 11.2 Å². The molecule has 0 spiro atoms. The van der Waals surface area contributed by atoms with E-state index >= 15 is 0 Å². The standard InChI is InChI=1S/C12H16N2O/c1-8-6-11(15-14-8)4-2-9-7-10-3-5-12(9)13-10/h2,4,6,9-10,12-13H,3,5,7H2,1H3/b4-2-. The molecule has 2 aliphatic heterocycles. The summed E-state index contributed by atoms with van der Waals surface area (Å²) in [5, 5.41) is 7.49. The number of rotatable bonds is 2. The van der Waals surface area contributed by atoms with E-state index in [0.717, 1.165) is 17.5 Å². The molecule has 80 valence electrons. The molecule has 0 radical (unpaired) electrons. The van der Waals surface area contributed by atoms with Crippen LogP contribution in [0.1, 0.15) is 30.7 Å². The number of nitrogens with one attached hydrogen (secondary N) is 1. The maximum Gasteiger partial charge on any atom is 0.159 e. The number of aromatic nitrogens is 1. The van der Waals surface area contributed by atoms with Crippen LogP contribution in [0.4, 0.5) is 0 Å². The third-order valence-corrected chi connectivity index (χ3v) is 3.50. The van der Waals surface area contributed by atoms with Gasteiger partial charge in [0, 0.05) is 18.2 Å². The summed E-state index contributed by atoms with van der Waals surface area (Å²) in [6, 6.07) is 3.44. The first kappa shape index (κ1) is 9.16. The Hall–Kier alpha value is -1.09. The second kappa shape index (κ2) is 3.49. The molecular formula is C12H16N2O.